The molecule has 0 bridgehead atoms. The third-order valence-corrected chi connectivity index (χ3v) is 2.30. The number of aromatic nitrogens is 1. The molecule has 0 fully saturated rings. The monoisotopic (exact) mass is 179 g/mol. The number of rotatable bonds is 1. The smallest absolute Gasteiger partial charge is 0.0844 e. The standard InChI is InChI=1S/C11H17NO/c1-7-6-10(11(4,5)13)8(2)9(3)12-7/h6,13H,1-5H3. The normalized spacial score (nSPS) is 11.8. The van der Waals surface area contributed by atoms with Crippen LogP contribution in [0.4, 0.5) is 0 Å². The SMILES string of the molecule is Cc1cc(C(C)(C)O)c(C)c(C)n1. The molecule has 0 aliphatic heterocycles. The van der Waals surface area contributed by atoms with Gasteiger partial charge in [-0.15, -0.1) is 0 Å². The van der Waals surface area contributed by atoms with E-state index < -0.39 is 5.60 Å². The van der Waals surface area contributed by atoms with E-state index in [-0.39, 0.29) is 0 Å². The second-order valence-corrected chi connectivity index (χ2v) is 4.08. The number of hydrogen-bond donors (Lipinski definition) is 1. The Bertz CT molecular complexity index is 324. The third kappa shape index (κ3) is 2.07. The maximum Gasteiger partial charge on any atom is 0.0844 e. The van der Waals surface area contributed by atoms with Crippen LogP contribution in [-0.4, -0.2) is 10.1 Å². The Labute approximate surface area is 79.6 Å². The number of aryl methyl sites for hydroxylation is 2. The van der Waals surface area contributed by atoms with Gasteiger partial charge in [-0.3, -0.25) is 4.98 Å². The minimum absolute atomic E-state index is 0.775. The van der Waals surface area contributed by atoms with E-state index >= 15 is 0 Å². The molecule has 1 aromatic heterocycles. The van der Waals surface area contributed by atoms with Crippen LogP contribution in [0.5, 0.6) is 0 Å². The van der Waals surface area contributed by atoms with Gasteiger partial charge in [-0.2, -0.15) is 0 Å². The van der Waals surface area contributed by atoms with Crippen LogP contribution in [0.3, 0.4) is 0 Å². The molecule has 0 atom stereocenters. The van der Waals surface area contributed by atoms with Crippen molar-refractivity contribution >= 4 is 0 Å². The Kier molecular flexibility index (Phi) is 2.44. The van der Waals surface area contributed by atoms with Crippen molar-refractivity contribution < 1.29 is 5.11 Å². The third-order valence-electron chi connectivity index (χ3n) is 2.30. The Balaban J connectivity index is 3.37. The molecule has 2 heteroatoms. The van der Waals surface area contributed by atoms with Crippen molar-refractivity contribution in [3.05, 3.63) is 28.6 Å². The summed E-state index contributed by atoms with van der Waals surface area (Å²) < 4.78 is 0. The summed E-state index contributed by atoms with van der Waals surface area (Å²) >= 11 is 0. The lowest BCUT2D eigenvalue weighted by molar-refractivity contribution is 0.0776. The molecule has 1 rings (SSSR count). The van der Waals surface area contributed by atoms with E-state index in [1.165, 1.54) is 0 Å². The van der Waals surface area contributed by atoms with Gasteiger partial charge >= 0.3 is 0 Å². The number of aliphatic hydroxyl groups is 1. The van der Waals surface area contributed by atoms with Gasteiger partial charge in [-0.05, 0) is 51.8 Å². The Morgan fingerprint density at radius 1 is 1.23 bits per heavy atom. The van der Waals surface area contributed by atoms with E-state index in [2.05, 4.69) is 4.98 Å². The van der Waals surface area contributed by atoms with Gasteiger partial charge in [0.05, 0.1) is 5.60 Å². The zero-order valence-corrected chi connectivity index (χ0v) is 8.97. The predicted octanol–water partition coefficient (Wildman–Crippen LogP) is 2.23. The average molecular weight is 179 g/mol. The Hall–Kier alpha value is -0.890. The van der Waals surface area contributed by atoms with Gasteiger partial charge in [0.15, 0.2) is 0 Å². The van der Waals surface area contributed by atoms with Crippen molar-refractivity contribution in [3.63, 3.8) is 0 Å². The highest BCUT2D eigenvalue weighted by Crippen LogP contribution is 2.25. The van der Waals surface area contributed by atoms with E-state index in [9.17, 15) is 5.11 Å². The molecule has 0 spiro atoms. The van der Waals surface area contributed by atoms with E-state index in [1.54, 1.807) is 13.8 Å². The Morgan fingerprint density at radius 3 is 2.23 bits per heavy atom. The van der Waals surface area contributed by atoms with Gasteiger partial charge in [0.1, 0.15) is 0 Å². The number of pyridine rings is 1. The average Bonchev–Trinajstić information content (AvgIpc) is 1.94. The van der Waals surface area contributed by atoms with E-state index in [0.29, 0.717) is 0 Å². The molecule has 1 heterocycles. The van der Waals surface area contributed by atoms with Gasteiger partial charge in [0.2, 0.25) is 0 Å². The molecule has 0 radical (unpaired) electrons. The molecule has 0 aromatic carbocycles. The van der Waals surface area contributed by atoms with Crippen LogP contribution < -0.4 is 0 Å². The first kappa shape index (κ1) is 10.2. The van der Waals surface area contributed by atoms with Crippen LogP contribution >= 0.6 is 0 Å². The molecular formula is C11H17NO. The largest absolute Gasteiger partial charge is 0.386 e. The summed E-state index contributed by atoms with van der Waals surface area (Å²) in [6.07, 6.45) is 0. The van der Waals surface area contributed by atoms with Crippen LogP contribution in [0.1, 0.15) is 36.4 Å². The van der Waals surface area contributed by atoms with Crippen molar-refractivity contribution in [1.29, 1.82) is 0 Å². The molecule has 0 amide bonds. The molecule has 1 N–H and O–H groups in total. The predicted molar refractivity (Wildman–Crippen MR) is 53.7 cm³/mol. The molecule has 2 nitrogen and oxygen atoms in total. The lowest BCUT2D eigenvalue weighted by Crippen LogP contribution is -2.18. The summed E-state index contributed by atoms with van der Waals surface area (Å²) in [7, 11) is 0. The van der Waals surface area contributed by atoms with Gasteiger partial charge in [0.25, 0.3) is 0 Å². The summed E-state index contributed by atoms with van der Waals surface area (Å²) in [5.41, 5.74) is 3.23. The minimum atomic E-state index is -0.775. The fourth-order valence-electron chi connectivity index (χ4n) is 1.53. The second kappa shape index (κ2) is 3.11. The highest BCUT2D eigenvalue weighted by Gasteiger charge is 2.19. The van der Waals surface area contributed by atoms with Crippen LogP contribution in [0, 0.1) is 20.8 Å². The van der Waals surface area contributed by atoms with Crippen LogP contribution in [0.25, 0.3) is 0 Å². The molecule has 0 unspecified atom stereocenters. The topological polar surface area (TPSA) is 33.1 Å². The van der Waals surface area contributed by atoms with Gasteiger partial charge < -0.3 is 5.11 Å². The van der Waals surface area contributed by atoms with Crippen molar-refractivity contribution in [2.45, 2.75) is 40.2 Å². The van der Waals surface area contributed by atoms with E-state index in [0.717, 1.165) is 22.5 Å². The lowest BCUT2D eigenvalue weighted by Gasteiger charge is -2.21. The van der Waals surface area contributed by atoms with Gasteiger partial charge in [-0.25, -0.2) is 0 Å². The van der Waals surface area contributed by atoms with Crippen molar-refractivity contribution in [2.24, 2.45) is 0 Å². The lowest BCUT2D eigenvalue weighted by atomic mass is 9.93. The first-order chi connectivity index (χ1) is 5.82. The molecule has 0 saturated carbocycles. The fraction of sp³-hybridized carbons (Fsp3) is 0.545. The molecule has 0 aliphatic rings. The molecule has 72 valence electrons. The van der Waals surface area contributed by atoms with Crippen molar-refractivity contribution in [3.8, 4) is 0 Å². The van der Waals surface area contributed by atoms with E-state index in [4.69, 9.17) is 0 Å². The first-order valence-corrected chi connectivity index (χ1v) is 4.50. The number of nitrogens with zero attached hydrogens (tertiary/aromatic N) is 1. The van der Waals surface area contributed by atoms with Gasteiger partial charge in [-0.1, -0.05) is 0 Å². The highest BCUT2D eigenvalue weighted by molar-refractivity contribution is 5.34. The van der Waals surface area contributed by atoms with Gasteiger partial charge in [0, 0.05) is 11.4 Å². The zero-order valence-electron chi connectivity index (χ0n) is 8.97. The zero-order chi connectivity index (χ0) is 10.2. The van der Waals surface area contributed by atoms with Crippen LogP contribution in [0.2, 0.25) is 0 Å². The Morgan fingerprint density at radius 2 is 1.77 bits per heavy atom. The molecule has 13 heavy (non-hydrogen) atoms. The molecule has 1 aromatic rings. The quantitative estimate of drug-likeness (QED) is 0.717. The maximum absolute atomic E-state index is 9.89. The second-order valence-electron chi connectivity index (χ2n) is 4.08. The van der Waals surface area contributed by atoms with Crippen molar-refractivity contribution in [1.82, 2.24) is 4.98 Å². The highest BCUT2D eigenvalue weighted by atomic mass is 16.3. The molecular weight excluding hydrogens is 162 g/mol. The molecule has 0 aliphatic carbocycles. The summed E-state index contributed by atoms with van der Waals surface area (Å²) in [4.78, 5) is 4.34. The van der Waals surface area contributed by atoms with Crippen LogP contribution in [0.15, 0.2) is 6.07 Å². The first-order valence-electron chi connectivity index (χ1n) is 4.50. The summed E-state index contributed by atoms with van der Waals surface area (Å²) in [6, 6.07) is 1.95. The summed E-state index contributed by atoms with van der Waals surface area (Å²) in [5.74, 6) is 0. The maximum atomic E-state index is 9.89. The van der Waals surface area contributed by atoms with Crippen molar-refractivity contribution in [2.75, 3.05) is 0 Å². The summed E-state index contributed by atoms with van der Waals surface area (Å²) in [5, 5.41) is 9.89. The van der Waals surface area contributed by atoms with E-state index in [1.807, 2.05) is 26.8 Å². The minimum Gasteiger partial charge on any atom is -0.386 e. The molecule has 0 saturated heterocycles. The van der Waals surface area contributed by atoms with Crippen LogP contribution in [-0.2, 0) is 5.60 Å². The fourth-order valence-corrected chi connectivity index (χ4v) is 1.53. The number of hydrogen-bond acceptors (Lipinski definition) is 2. The summed E-state index contributed by atoms with van der Waals surface area (Å²) in [6.45, 7) is 9.51.